The molecule has 0 bridgehead atoms. The number of ether oxygens (including phenoxy) is 1. The molecule has 2 N–H and O–H groups in total. The normalized spacial score (nSPS) is 25.7. The highest BCUT2D eigenvalue weighted by Gasteiger charge is 2.70. The maximum Gasteiger partial charge on any atom is 0.573 e. The highest BCUT2D eigenvalue weighted by Crippen LogP contribution is 2.65. The Morgan fingerprint density at radius 1 is 0.911 bits per heavy atom. The van der Waals surface area contributed by atoms with Crippen LogP contribution in [0.1, 0.15) is 29.9 Å². The number of nitrogens with one attached hydrogen (secondary N) is 1. The number of phenols is 1. The van der Waals surface area contributed by atoms with Gasteiger partial charge in [0.05, 0.1) is 39.5 Å². The number of phenolic OH excluding ortho intramolecular Hbond substituents is 1. The number of aromatic hydroxyl groups is 1. The standard InChI is InChI=1S/C39H27ClF4N4O8/c40-20-6-4-19(5-7-20)38-30(35(51)47(37(38)53)45-22-10-8-21(41)9-11-22)18-28-26(33(38)29-17-25(12-15-31(29)49)56-39(42,43)44)13-14-27-32(28)36(52)46(34(27)50)23-2-1-3-24(16-23)48(54)55/h1-13,15-17,27-28,30,32-33,45,49H,14,18H2/t27-,28+,30-,32-,33+,38+/m0/s1. The van der Waals surface area contributed by atoms with Gasteiger partial charge in [0, 0.05) is 28.6 Å². The van der Waals surface area contributed by atoms with Crippen LogP contribution in [0.25, 0.3) is 0 Å². The van der Waals surface area contributed by atoms with E-state index in [9.17, 15) is 47.2 Å². The lowest BCUT2D eigenvalue weighted by molar-refractivity contribution is -0.384. The van der Waals surface area contributed by atoms with Crippen molar-refractivity contribution in [1.29, 1.82) is 0 Å². The van der Waals surface area contributed by atoms with Gasteiger partial charge in [-0.05, 0) is 85.0 Å². The number of allylic oxidation sites excluding steroid dienone is 2. The highest BCUT2D eigenvalue weighted by atomic mass is 35.5. The third kappa shape index (κ3) is 5.74. The number of rotatable bonds is 7. The molecule has 12 nitrogen and oxygen atoms in total. The second-order valence-corrected chi connectivity index (χ2v) is 14.4. The molecule has 8 rings (SSSR count). The molecule has 2 heterocycles. The van der Waals surface area contributed by atoms with Crippen LogP contribution < -0.4 is 15.1 Å². The zero-order chi connectivity index (χ0) is 39.8. The molecule has 3 fully saturated rings. The summed E-state index contributed by atoms with van der Waals surface area (Å²) in [5, 5.41) is 24.1. The Balaban J connectivity index is 1.34. The van der Waals surface area contributed by atoms with Gasteiger partial charge in [0.1, 0.15) is 17.3 Å². The number of halogens is 5. The second-order valence-electron chi connectivity index (χ2n) is 13.9. The molecule has 4 aromatic carbocycles. The van der Waals surface area contributed by atoms with Crippen molar-refractivity contribution in [1.82, 2.24) is 5.01 Å². The van der Waals surface area contributed by atoms with Gasteiger partial charge in [-0.1, -0.05) is 41.4 Å². The van der Waals surface area contributed by atoms with E-state index in [0.29, 0.717) is 5.57 Å². The molecule has 4 aliphatic rings. The molecule has 0 unspecified atom stereocenters. The summed E-state index contributed by atoms with van der Waals surface area (Å²) in [5.41, 5.74) is 0.710. The zero-order valence-electron chi connectivity index (χ0n) is 28.6. The number of fused-ring (bicyclic) bond motifs is 4. The van der Waals surface area contributed by atoms with E-state index in [2.05, 4.69) is 10.2 Å². The lowest BCUT2D eigenvalue weighted by atomic mass is 9.49. The minimum Gasteiger partial charge on any atom is -0.508 e. The highest BCUT2D eigenvalue weighted by molar-refractivity contribution is 6.30. The molecule has 0 spiro atoms. The van der Waals surface area contributed by atoms with E-state index in [4.69, 9.17) is 11.6 Å². The summed E-state index contributed by atoms with van der Waals surface area (Å²) >= 11 is 6.27. The van der Waals surface area contributed by atoms with Gasteiger partial charge in [-0.15, -0.1) is 13.2 Å². The van der Waals surface area contributed by atoms with Crippen LogP contribution in [0.3, 0.4) is 0 Å². The summed E-state index contributed by atoms with van der Waals surface area (Å²) < 4.78 is 58.9. The summed E-state index contributed by atoms with van der Waals surface area (Å²) in [6.45, 7) is 0. The summed E-state index contributed by atoms with van der Waals surface area (Å²) in [7, 11) is 0. The first-order valence-corrected chi connectivity index (χ1v) is 17.6. The number of hydrazine groups is 1. The second kappa shape index (κ2) is 13.2. The Morgan fingerprint density at radius 3 is 2.30 bits per heavy atom. The van der Waals surface area contributed by atoms with E-state index in [1.807, 2.05) is 0 Å². The Labute approximate surface area is 319 Å². The van der Waals surface area contributed by atoms with E-state index in [-0.39, 0.29) is 46.1 Å². The number of hydrogen-bond donors (Lipinski definition) is 2. The average Bonchev–Trinajstić information content (AvgIpc) is 3.53. The van der Waals surface area contributed by atoms with Crippen molar-refractivity contribution in [3.8, 4) is 11.5 Å². The number of carbonyl (C=O) groups excluding carboxylic acids is 4. The first-order valence-electron chi connectivity index (χ1n) is 17.2. The average molecular weight is 791 g/mol. The van der Waals surface area contributed by atoms with Crippen LogP contribution >= 0.6 is 11.6 Å². The fraction of sp³-hybridized carbons (Fsp3) is 0.231. The monoisotopic (exact) mass is 790 g/mol. The molecule has 1 saturated carbocycles. The Kier molecular flexibility index (Phi) is 8.63. The van der Waals surface area contributed by atoms with E-state index in [1.54, 1.807) is 6.08 Å². The van der Waals surface area contributed by atoms with Gasteiger partial charge in [-0.2, -0.15) is 5.01 Å². The lowest BCUT2D eigenvalue weighted by Gasteiger charge is -2.50. The number of nitro benzene ring substituents is 1. The molecule has 0 radical (unpaired) electrons. The van der Waals surface area contributed by atoms with E-state index < -0.39 is 87.2 Å². The van der Waals surface area contributed by atoms with E-state index in [1.165, 1.54) is 54.6 Å². The number of amides is 4. The first kappa shape index (κ1) is 36.7. The zero-order valence-corrected chi connectivity index (χ0v) is 29.3. The van der Waals surface area contributed by atoms with Gasteiger partial charge < -0.3 is 9.84 Å². The maximum atomic E-state index is 15.2. The van der Waals surface area contributed by atoms with E-state index >= 15 is 4.79 Å². The van der Waals surface area contributed by atoms with Crippen LogP contribution in [0.5, 0.6) is 11.5 Å². The number of non-ortho nitro benzene ring substituents is 1. The molecule has 286 valence electrons. The van der Waals surface area contributed by atoms with Gasteiger partial charge >= 0.3 is 6.36 Å². The number of nitro groups is 1. The number of carbonyl (C=O) groups is 4. The largest absolute Gasteiger partial charge is 0.573 e. The van der Waals surface area contributed by atoms with Crippen LogP contribution in [0, 0.1) is 39.6 Å². The van der Waals surface area contributed by atoms with E-state index in [0.717, 1.165) is 46.3 Å². The topological polar surface area (TPSA) is 159 Å². The fourth-order valence-corrected chi connectivity index (χ4v) is 9.09. The van der Waals surface area contributed by atoms with Crippen molar-refractivity contribution in [2.45, 2.75) is 30.5 Å². The third-order valence-electron chi connectivity index (χ3n) is 11.1. The number of imide groups is 2. The third-order valence-corrected chi connectivity index (χ3v) is 11.4. The lowest BCUT2D eigenvalue weighted by Crippen LogP contribution is -2.53. The minimum absolute atomic E-state index is 0.0514. The smallest absolute Gasteiger partial charge is 0.508 e. The molecular weight excluding hydrogens is 764 g/mol. The molecule has 2 saturated heterocycles. The number of hydrogen-bond acceptors (Lipinski definition) is 9. The molecule has 4 aromatic rings. The summed E-state index contributed by atoms with van der Waals surface area (Å²) in [6.07, 6.45) is -3.86. The van der Waals surface area contributed by atoms with Gasteiger partial charge in [0.2, 0.25) is 11.8 Å². The van der Waals surface area contributed by atoms with Gasteiger partial charge in [0.15, 0.2) is 0 Å². The Morgan fingerprint density at radius 2 is 1.62 bits per heavy atom. The molecule has 2 aliphatic carbocycles. The van der Waals surface area contributed by atoms with Crippen LogP contribution in [0.4, 0.5) is 34.6 Å². The van der Waals surface area contributed by atoms with Gasteiger partial charge in [-0.25, -0.2) is 9.29 Å². The Bertz CT molecular complexity index is 2370. The maximum absolute atomic E-state index is 15.2. The molecular formula is C39H27ClF4N4O8. The van der Waals surface area contributed by atoms with Crippen molar-refractivity contribution >= 4 is 52.3 Å². The van der Waals surface area contributed by atoms with Crippen molar-refractivity contribution in [2.75, 3.05) is 10.3 Å². The summed E-state index contributed by atoms with van der Waals surface area (Å²) in [6, 6.07) is 18.4. The molecule has 6 atom stereocenters. The SMILES string of the molecule is O=C1[C@@H]2C[C@@H]3C(=CC[C@@H]4C(=O)N(c5cccc([N+](=O)[O-])c5)C(=O)[C@@H]43)[C@H](c3cc(OC(F)(F)F)ccc3O)[C@]2(c2ccc(Cl)cc2)C(=O)N1Nc1ccc(F)cc1. The van der Waals surface area contributed by atoms with Crippen LogP contribution in [-0.4, -0.2) is 45.0 Å². The predicted molar refractivity (Wildman–Crippen MR) is 189 cm³/mol. The summed E-state index contributed by atoms with van der Waals surface area (Å²) in [4.78, 5) is 70.2. The number of benzene rings is 4. The fourth-order valence-electron chi connectivity index (χ4n) is 8.96. The molecule has 17 heteroatoms. The van der Waals surface area contributed by atoms with Crippen LogP contribution in [-0.2, 0) is 24.6 Å². The molecule has 0 aromatic heterocycles. The molecule has 2 aliphatic heterocycles. The predicted octanol–water partition coefficient (Wildman–Crippen LogP) is 7.18. The molecule has 56 heavy (non-hydrogen) atoms. The van der Waals surface area contributed by atoms with Crippen molar-refractivity contribution in [2.24, 2.45) is 23.7 Å². The van der Waals surface area contributed by atoms with Crippen LogP contribution in [0.15, 0.2) is 103 Å². The van der Waals surface area contributed by atoms with Crippen molar-refractivity contribution in [3.05, 3.63) is 135 Å². The Hall–Kier alpha value is -6.29. The minimum atomic E-state index is -5.15. The number of anilines is 2. The van der Waals surface area contributed by atoms with Gasteiger partial charge in [0.25, 0.3) is 17.5 Å². The first-order chi connectivity index (χ1) is 26.6. The van der Waals surface area contributed by atoms with Crippen molar-refractivity contribution < 1.29 is 51.5 Å². The molecule has 4 amide bonds. The van der Waals surface area contributed by atoms with Crippen LogP contribution in [0.2, 0.25) is 5.02 Å². The van der Waals surface area contributed by atoms with Gasteiger partial charge in [-0.3, -0.25) is 34.7 Å². The summed E-state index contributed by atoms with van der Waals surface area (Å²) in [5.74, 6) is -11.0. The number of nitrogens with zero attached hydrogens (tertiary/aromatic N) is 3. The number of alkyl halides is 3. The van der Waals surface area contributed by atoms with Crippen molar-refractivity contribution in [3.63, 3.8) is 0 Å². The quantitative estimate of drug-likeness (QED) is 0.0650.